The fourth-order valence-electron chi connectivity index (χ4n) is 12.5. The third-order valence-electron chi connectivity index (χ3n) is 15.4. The second kappa shape index (κ2) is 9.77. The number of carbonyl (C=O) groups is 1. The van der Waals surface area contributed by atoms with Crippen LogP contribution in [0.3, 0.4) is 0 Å². The van der Waals surface area contributed by atoms with Crippen LogP contribution in [0.4, 0.5) is 0 Å². The summed E-state index contributed by atoms with van der Waals surface area (Å²) >= 11 is 0. The molecule has 12 atom stereocenters. The van der Waals surface area contributed by atoms with E-state index < -0.39 is 35.8 Å². The lowest BCUT2D eigenvalue weighted by atomic mass is 9.33. The molecular formula is C36H58O6. The molecule has 0 radical (unpaired) electrons. The lowest BCUT2D eigenvalue weighted by molar-refractivity contribution is -0.213. The van der Waals surface area contributed by atoms with Gasteiger partial charge in [0.25, 0.3) is 0 Å². The third kappa shape index (κ3) is 4.13. The summed E-state index contributed by atoms with van der Waals surface area (Å²) in [6.07, 6.45) is 9.78. The van der Waals surface area contributed by atoms with Crippen LogP contribution in [0, 0.1) is 56.2 Å². The lowest BCUT2D eigenvalue weighted by Gasteiger charge is -2.71. The Morgan fingerprint density at radius 2 is 1.57 bits per heavy atom. The number of carboxylic acids is 1. The summed E-state index contributed by atoms with van der Waals surface area (Å²) in [5, 5.41) is 41.6. The van der Waals surface area contributed by atoms with E-state index in [1.54, 1.807) is 0 Å². The Morgan fingerprint density at radius 1 is 0.881 bits per heavy atom. The summed E-state index contributed by atoms with van der Waals surface area (Å²) in [5.74, 6) is 1.06. The summed E-state index contributed by atoms with van der Waals surface area (Å²) in [7, 11) is 0. The number of rotatable bonds is 3. The predicted molar refractivity (Wildman–Crippen MR) is 163 cm³/mol. The van der Waals surface area contributed by atoms with Gasteiger partial charge in [0.05, 0.1) is 18.1 Å². The van der Waals surface area contributed by atoms with Crippen molar-refractivity contribution in [3.05, 3.63) is 11.6 Å². The van der Waals surface area contributed by atoms with Crippen molar-refractivity contribution in [2.24, 2.45) is 56.2 Å². The zero-order chi connectivity index (χ0) is 30.7. The number of ether oxygens (including phenoxy) is 1. The molecule has 0 aromatic rings. The van der Waals surface area contributed by atoms with Crippen molar-refractivity contribution in [1.82, 2.24) is 0 Å². The van der Waals surface area contributed by atoms with Crippen molar-refractivity contribution in [2.75, 3.05) is 6.61 Å². The molecule has 5 fully saturated rings. The second-order valence-electron chi connectivity index (χ2n) is 17.9. The fraction of sp³-hybridized carbons (Fsp3) is 0.917. The van der Waals surface area contributed by atoms with Crippen LogP contribution in [0.5, 0.6) is 0 Å². The number of allylic oxidation sites excluding steroid dienone is 2. The summed E-state index contributed by atoms with van der Waals surface area (Å²) in [6, 6.07) is 0. The molecule has 1 saturated heterocycles. The van der Waals surface area contributed by atoms with E-state index in [-0.39, 0.29) is 39.6 Å². The smallest absolute Gasteiger partial charge is 0.310 e. The first-order valence-electron chi connectivity index (χ1n) is 17.0. The van der Waals surface area contributed by atoms with Crippen LogP contribution in [0.15, 0.2) is 11.6 Å². The number of aliphatic hydroxyl groups excluding tert-OH is 3. The highest BCUT2D eigenvalue weighted by Crippen LogP contribution is 2.76. The summed E-state index contributed by atoms with van der Waals surface area (Å²) in [4.78, 5) is 12.9. The Morgan fingerprint density at radius 3 is 2.26 bits per heavy atom. The molecule has 4 N–H and O–H groups in total. The fourth-order valence-corrected chi connectivity index (χ4v) is 12.5. The molecule has 0 amide bonds. The Bertz CT molecular complexity index is 1130. The number of hydrogen-bond acceptors (Lipinski definition) is 5. The summed E-state index contributed by atoms with van der Waals surface area (Å²) in [5.41, 5.74) is 1.48. The Hall–Kier alpha value is -0.950. The van der Waals surface area contributed by atoms with Crippen LogP contribution in [0.2, 0.25) is 0 Å². The van der Waals surface area contributed by atoms with Crippen molar-refractivity contribution in [3.63, 3.8) is 0 Å². The van der Waals surface area contributed by atoms with Crippen LogP contribution in [0.25, 0.3) is 0 Å². The molecule has 6 heteroatoms. The van der Waals surface area contributed by atoms with Crippen LogP contribution >= 0.6 is 0 Å². The van der Waals surface area contributed by atoms with Gasteiger partial charge in [-0.15, -0.1) is 0 Å². The first-order chi connectivity index (χ1) is 19.4. The zero-order valence-electron chi connectivity index (χ0n) is 27.3. The molecule has 42 heavy (non-hydrogen) atoms. The quantitative estimate of drug-likeness (QED) is 0.287. The molecule has 6 nitrogen and oxygen atoms in total. The highest BCUT2D eigenvalue weighted by molar-refractivity contribution is 5.76. The second-order valence-corrected chi connectivity index (χ2v) is 17.9. The van der Waals surface area contributed by atoms with E-state index in [0.29, 0.717) is 24.2 Å². The predicted octanol–water partition coefficient (Wildman–Crippen LogP) is 6.36. The van der Waals surface area contributed by atoms with Gasteiger partial charge in [0.2, 0.25) is 0 Å². The Kier molecular flexibility index (Phi) is 7.23. The summed E-state index contributed by atoms with van der Waals surface area (Å²) in [6.45, 7) is 17.3. The normalized spacial score (nSPS) is 53.0. The topological polar surface area (TPSA) is 107 Å². The van der Waals surface area contributed by atoms with E-state index in [1.807, 2.05) is 0 Å². The highest BCUT2D eigenvalue weighted by Gasteiger charge is 2.69. The molecule has 5 unspecified atom stereocenters. The molecule has 1 heterocycles. The number of aliphatic hydroxyl groups is 3. The number of hydrogen-bond donors (Lipinski definition) is 4. The van der Waals surface area contributed by atoms with Gasteiger partial charge in [-0.05, 0) is 121 Å². The van der Waals surface area contributed by atoms with E-state index >= 15 is 0 Å². The maximum absolute atomic E-state index is 12.9. The van der Waals surface area contributed by atoms with E-state index in [0.717, 1.165) is 51.4 Å². The van der Waals surface area contributed by atoms with E-state index in [9.17, 15) is 25.2 Å². The van der Waals surface area contributed by atoms with Crippen LogP contribution in [0.1, 0.15) is 119 Å². The van der Waals surface area contributed by atoms with Gasteiger partial charge in [-0.3, -0.25) is 4.79 Å². The van der Waals surface area contributed by atoms with Gasteiger partial charge >= 0.3 is 5.97 Å². The van der Waals surface area contributed by atoms with Gasteiger partial charge in [-0.2, -0.15) is 0 Å². The maximum atomic E-state index is 12.9. The molecule has 1 aliphatic heterocycles. The van der Waals surface area contributed by atoms with Crippen LogP contribution in [-0.4, -0.2) is 57.4 Å². The SMILES string of the molecule is CC1(C)CC[C@]2(C(=O)O)CC[C@]3(C)C(=CCC4[C@@]5(C)CC[C@H](C[C@@H]6OC[C@@H](O)C(O)C6O)C(C)(C)C5CC[C@]43C)C2C1. The Labute approximate surface area is 253 Å². The minimum absolute atomic E-state index is 0.0267. The average molecular weight is 587 g/mol. The first-order valence-corrected chi connectivity index (χ1v) is 17.0. The molecular weight excluding hydrogens is 528 g/mol. The van der Waals surface area contributed by atoms with E-state index in [2.05, 4.69) is 54.5 Å². The van der Waals surface area contributed by atoms with Crippen molar-refractivity contribution in [3.8, 4) is 0 Å². The molecule has 6 aliphatic rings. The largest absolute Gasteiger partial charge is 0.481 e. The van der Waals surface area contributed by atoms with Crippen molar-refractivity contribution in [1.29, 1.82) is 0 Å². The molecule has 0 aromatic heterocycles. The lowest BCUT2D eigenvalue weighted by Crippen LogP contribution is -2.64. The first kappa shape index (κ1) is 31.0. The molecule has 238 valence electrons. The van der Waals surface area contributed by atoms with Gasteiger partial charge in [0.15, 0.2) is 0 Å². The number of carboxylic acid groups (broad SMARTS) is 1. The van der Waals surface area contributed by atoms with Gasteiger partial charge in [-0.25, -0.2) is 0 Å². The monoisotopic (exact) mass is 586 g/mol. The standard InChI is InChI=1S/C36H58O6/c1-31(2)14-16-36(30(40)41)17-15-34(6)22(23(36)19-31)8-9-27-33(5)12-10-21(18-25-29(39)28(38)24(37)20-42-25)32(3,4)26(33)11-13-35(27,34)7/h8,21,23-29,37-39H,9-20H2,1-7H3,(H,40,41)/t21-,23?,24-,25+,26?,27?,28?,29?,33+,34-,35-,36+/m1/s1. The Balaban J connectivity index is 1.30. The molecule has 6 rings (SSSR count). The van der Waals surface area contributed by atoms with Crippen molar-refractivity contribution in [2.45, 2.75) is 144 Å². The minimum atomic E-state index is -1.15. The molecule has 5 aliphatic carbocycles. The van der Waals surface area contributed by atoms with Gasteiger partial charge in [-0.1, -0.05) is 60.1 Å². The molecule has 0 spiro atoms. The van der Waals surface area contributed by atoms with Gasteiger partial charge < -0.3 is 25.2 Å². The zero-order valence-corrected chi connectivity index (χ0v) is 27.3. The van der Waals surface area contributed by atoms with E-state index in [1.165, 1.54) is 18.4 Å². The van der Waals surface area contributed by atoms with E-state index in [4.69, 9.17) is 4.74 Å². The van der Waals surface area contributed by atoms with Gasteiger partial charge in [0, 0.05) is 0 Å². The van der Waals surface area contributed by atoms with Crippen molar-refractivity contribution >= 4 is 5.97 Å². The van der Waals surface area contributed by atoms with Crippen LogP contribution < -0.4 is 0 Å². The minimum Gasteiger partial charge on any atom is -0.481 e. The van der Waals surface area contributed by atoms with Crippen LogP contribution in [-0.2, 0) is 9.53 Å². The number of aliphatic carboxylic acids is 1. The molecule has 0 bridgehead atoms. The molecule has 0 aromatic carbocycles. The average Bonchev–Trinajstić information content (AvgIpc) is 2.90. The van der Waals surface area contributed by atoms with Crippen molar-refractivity contribution < 1.29 is 30.0 Å². The third-order valence-corrected chi connectivity index (χ3v) is 15.4. The highest BCUT2D eigenvalue weighted by atomic mass is 16.5. The molecule has 4 saturated carbocycles. The van der Waals surface area contributed by atoms with Gasteiger partial charge in [0.1, 0.15) is 18.3 Å². The summed E-state index contributed by atoms with van der Waals surface area (Å²) < 4.78 is 5.88. The maximum Gasteiger partial charge on any atom is 0.310 e. The number of fused-ring (bicyclic) bond motifs is 7.